The summed E-state index contributed by atoms with van der Waals surface area (Å²) in [7, 11) is 0. The lowest BCUT2D eigenvalue weighted by atomic mass is 10.0. The van der Waals surface area contributed by atoms with Crippen molar-refractivity contribution in [3.05, 3.63) is 119 Å². The summed E-state index contributed by atoms with van der Waals surface area (Å²) in [6, 6.07) is 30.2. The van der Waals surface area contributed by atoms with Gasteiger partial charge in [0.15, 0.2) is 0 Å². The summed E-state index contributed by atoms with van der Waals surface area (Å²) in [5.74, 6) is 1.02. The largest absolute Gasteiger partial charge is 0.494 e. The zero-order chi connectivity index (χ0) is 52.9. The molecule has 0 aliphatic carbocycles. The minimum absolute atomic E-state index is 0.301. The van der Waals surface area contributed by atoms with E-state index in [1.807, 2.05) is 72.8 Å². The van der Waals surface area contributed by atoms with Crippen molar-refractivity contribution < 1.29 is 28.5 Å². The number of aliphatic imine (C=N–C) groups is 2. The summed E-state index contributed by atoms with van der Waals surface area (Å²) >= 11 is 0. The summed E-state index contributed by atoms with van der Waals surface area (Å²) in [6.07, 6.45) is 46.4. The molecule has 0 spiro atoms. The lowest BCUT2D eigenvalue weighted by Crippen LogP contribution is -2.08. The first kappa shape index (κ1) is 62.3. The predicted octanol–water partition coefficient (Wildman–Crippen LogP) is 19.9. The van der Waals surface area contributed by atoms with E-state index in [4.69, 9.17) is 18.9 Å². The van der Waals surface area contributed by atoms with Crippen molar-refractivity contribution in [3.8, 4) is 11.5 Å². The van der Waals surface area contributed by atoms with Gasteiger partial charge in [0, 0.05) is 12.4 Å². The normalized spacial score (nSPS) is 11.4. The second-order valence-corrected chi connectivity index (χ2v) is 20.7. The summed E-state index contributed by atoms with van der Waals surface area (Å²) in [5.41, 5.74) is 4.45. The number of unbranched alkanes of at least 4 members (excludes halogenated alkanes) is 30. The lowest BCUT2D eigenvalue weighted by Gasteiger charge is -2.07. The second kappa shape index (κ2) is 42.9. The molecule has 0 bridgehead atoms. The predicted molar refractivity (Wildman–Crippen MR) is 316 cm³/mol. The maximum Gasteiger partial charge on any atom is 0.338 e. The van der Waals surface area contributed by atoms with Crippen LogP contribution in [0.1, 0.15) is 258 Å². The van der Waals surface area contributed by atoms with Gasteiger partial charge in [-0.3, -0.25) is 9.98 Å². The first-order chi connectivity index (χ1) is 37.0. The molecule has 0 aliphatic rings. The SMILES string of the molecule is CCCCCCCCCCCCCCCCCOc1ccc(N=Cc2ccc(C(=O)OCCCCCOC(=O)c3ccc(C=Nc4ccc(OCCCCCCCCCCCCCCCCC)cc4)cc3)cc2)cc1. The highest BCUT2D eigenvalue weighted by atomic mass is 16.5. The van der Waals surface area contributed by atoms with Crippen LogP contribution < -0.4 is 9.47 Å². The van der Waals surface area contributed by atoms with Gasteiger partial charge in [-0.1, -0.05) is 218 Å². The number of rotatable bonds is 46. The van der Waals surface area contributed by atoms with E-state index in [-0.39, 0.29) is 11.9 Å². The van der Waals surface area contributed by atoms with Crippen LogP contribution in [0.25, 0.3) is 0 Å². The Balaban J connectivity index is 0.953. The molecule has 4 aromatic rings. The van der Waals surface area contributed by atoms with Gasteiger partial charge in [0.1, 0.15) is 11.5 Å². The molecule has 0 saturated heterocycles. The Hall–Kier alpha value is -5.24. The molecule has 0 saturated carbocycles. The molecule has 0 unspecified atom stereocenters. The van der Waals surface area contributed by atoms with Gasteiger partial charge in [-0.2, -0.15) is 0 Å². The third-order valence-electron chi connectivity index (χ3n) is 14.0. The minimum Gasteiger partial charge on any atom is -0.494 e. The highest BCUT2D eigenvalue weighted by molar-refractivity contribution is 5.92. The molecule has 0 heterocycles. The van der Waals surface area contributed by atoms with Gasteiger partial charge in [0.05, 0.1) is 48.9 Å². The Bertz CT molecular complexity index is 1910. The molecule has 4 rings (SSSR count). The van der Waals surface area contributed by atoms with E-state index in [2.05, 4.69) is 23.8 Å². The van der Waals surface area contributed by atoms with Crippen molar-refractivity contribution in [2.45, 2.75) is 226 Å². The van der Waals surface area contributed by atoms with Crippen LogP contribution in [0.2, 0.25) is 0 Å². The second-order valence-electron chi connectivity index (χ2n) is 20.7. The maximum atomic E-state index is 12.6. The number of carbonyl (C=O) groups is 2. The van der Waals surface area contributed by atoms with Crippen LogP contribution in [-0.4, -0.2) is 50.8 Å². The van der Waals surface area contributed by atoms with Crippen molar-refractivity contribution in [2.75, 3.05) is 26.4 Å². The number of nitrogens with zero attached hydrogens (tertiary/aromatic N) is 2. The van der Waals surface area contributed by atoms with Crippen molar-refractivity contribution in [3.63, 3.8) is 0 Å². The van der Waals surface area contributed by atoms with Crippen LogP contribution in [0.15, 0.2) is 107 Å². The average Bonchev–Trinajstić information content (AvgIpc) is 3.44. The Kier molecular flexibility index (Phi) is 35.7. The first-order valence-corrected chi connectivity index (χ1v) is 30.1. The van der Waals surface area contributed by atoms with Gasteiger partial charge in [0.25, 0.3) is 0 Å². The summed E-state index contributed by atoms with van der Waals surface area (Å²) in [5, 5.41) is 0. The molecule has 0 aliphatic heterocycles. The average molecular weight is 1030 g/mol. The number of hydrogen-bond acceptors (Lipinski definition) is 8. The first-order valence-electron chi connectivity index (χ1n) is 30.1. The van der Waals surface area contributed by atoms with Crippen molar-refractivity contribution in [2.24, 2.45) is 9.98 Å². The van der Waals surface area contributed by atoms with Crippen molar-refractivity contribution in [1.82, 2.24) is 0 Å². The highest BCUT2D eigenvalue weighted by Crippen LogP contribution is 2.22. The zero-order valence-electron chi connectivity index (χ0n) is 46.9. The molecule has 0 amide bonds. The molecular formula is C67H98N2O6. The van der Waals surface area contributed by atoms with E-state index in [9.17, 15) is 9.59 Å². The summed E-state index contributed by atoms with van der Waals surface area (Å²) in [6.45, 7) is 6.66. The van der Waals surface area contributed by atoms with Crippen molar-refractivity contribution >= 4 is 35.7 Å². The van der Waals surface area contributed by atoms with E-state index in [0.717, 1.165) is 66.5 Å². The zero-order valence-corrected chi connectivity index (χ0v) is 46.9. The van der Waals surface area contributed by atoms with E-state index < -0.39 is 0 Å². The Labute approximate surface area is 455 Å². The Morgan fingerprint density at radius 2 is 0.573 bits per heavy atom. The molecule has 0 fully saturated rings. The van der Waals surface area contributed by atoms with Gasteiger partial charge in [-0.25, -0.2) is 9.59 Å². The molecule has 75 heavy (non-hydrogen) atoms. The molecule has 8 heteroatoms. The van der Waals surface area contributed by atoms with Gasteiger partial charge < -0.3 is 18.9 Å². The standard InChI is InChI=1S/C67H98N2O6/c1-3-5-7-9-11-13-15-17-19-21-23-25-27-29-32-52-72-64-48-44-62(45-49-64)68-56-58-36-40-60(41-37-58)66(70)74-54-34-31-35-55-75-67(71)61-42-38-59(39-43-61)57-69-63-46-50-65(51-47-63)73-53-33-30-28-26-24-22-20-18-16-14-12-10-8-6-4-2/h36-51,56-57H,3-35,52-55H2,1-2H3. The number of benzene rings is 4. The molecule has 8 nitrogen and oxygen atoms in total. The number of carbonyl (C=O) groups excluding carboxylic acids is 2. The van der Waals surface area contributed by atoms with Crippen LogP contribution in [0.3, 0.4) is 0 Å². The smallest absolute Gasteiger partial charge is 0.338 e. The molecule has 4 aromatic carbocycles. The third-order valence-corrected chi connectivity index (χ3v) is 14.0. The molecule has 412 valence electrons. The Morgan fingerprint density at radius 1 is 0.320 bits per heavy atom. The van der Waals surface area contributed by atoms with Crippen LogP contribution in [0.5, 0.6) is 11.5 Å². The van der Waals surface area contributed by atoms with Crippen LogP contribution in [0.4, 0.5) is 11.4 Å². The van der Waals surface area contributed by atoms with Gasteiger partial charge in [-0.15, -0.1) is 0 Å². The highest BCUT2D eigenvalue weighted by Gasteiger charge is 2.09. The fourth-order valence-corrected chi connectivity index (χ4v) is 9.17. The molecule has 0 N–H and O–H groups in total. The number of ether oxygens (including phenoxy) is 4. The van der Waals surface area contributed by atoms with Crippen LogP contribution in [-0.2, 0) is 9.47 Å². The van der Waals surface area contributed by atoms with Gasteiger partial charge in [-0.05, 0) is 116 Å². The summed E-state index contributed by atoms with van der Waals surface area (Å²) in [4.78, 5) is 34.5. The fourth-order valence-electron chi connectivity index (χ4n) is 9.17. The monoisotopic (exact) mass is 1030 g/mol. The maximum absolute atomic E-state index is 12.6. The third kappa shape index (κ3) is 31.4. The lowest BCUT2D eigenvalue weighted by molar-refractivity contribution is 0.0478. The van der Waals surface area contributed by atoms with Gasteiger partial charge >= 0.3 is 11.9 Å². The van der Waals surface area contributed by atoms with Gasteiger partial charge in [0.2, 0.25) is 0 Å². The minimum atomic E-state index is -0.359. The van der Waals surface area contributed by atoms with E-state index in [1.54, 1.807) is 36.7 Å². The van der Waals surface area contributed by atoms with Crippen molar-refractivity contribution in [1.29, 1.82) is 0 Å². The number of esters is 2. The fraction of sp³-hybridized carbons (Fsp3) is 0.582. The van der Waals surface area contributed by atoms with E-state index in [0.29, 0.717) is 37.2 Å². The van der Waals surface area contributed by atoms with Crippen LogP contribution >= 0.6 is 0 Å². The molecular weight excluding hydrogens is 929 g/mol. The van der Waals surface area contributed by atoms with E-state index >= 15 is 0 Å². The van der Waals surface area contributed by atoms with Crippen LogP contribution in [0, 0.1) is 0 Å². The Morgan fingerprint density at radius 3 is 0.867 bits per heavy atom. The molecule has 0 radical (unpaired) electrons. The van der Waals surface area contributed by atoms with E-state index in [1.165, 1.54) is 180 Å². The number of hydrogen-bond donors (Lipinski definition) is 0. The molecule has 0 aromatic heterocycles. The quantitative estimate of drug-likeness (QED) is 0.0249. The topological polar surface area (TPSA) is 95.8 Å². The molecule has 0 atom stereocenters. The summed E-state index contributed by atoms with van der Waals surface area (Å²) < 4.78 is 22.9.